The molecule has 0 bridgehead atoms. The molecule has 17 heavy (non-hydrogen) atoms. The largest absolute Gasteiger partial charge is 0.387 e. The molecule has 1 aromatic carbocycles. The zero-order valence-electron chi connectivity index (χ0n) is 11.1. The van der Waals surface area contributed by atoms with E-state index in [1.54, 1.807) is 0 Å². The smallest absolute Gasteiger partial charge is 0.0916 e. The van der Waals surface area contributed by atoms with Gasteiger partial charge in [-0.15, -0.1) is 0 Å². The lowest BCUT2D eigenvalue weighted by atomic mass is 10.1. The summed E-state index contributed by atoms with van der Waals surface area (Å²) in [5, 5.41) is 10.0. The highest BCUT2D eigenvalue weighted by atomic mass is 16.3. The Labute approximate surface area is 105 Å². The van der Waals surface area contributed by atoms with Crippen molar-refractivity contribution in [3.05, 3.63) is 35.9 Å². The van der Waals surface area contributed by atoms with Gasteiger partial charge < -0.3 is 14.9 Å². The van der Waals surface area contributed by atoms with Crippen molar-refractivity contribution in [2.75, 3.05) is 40.8 Å². The molecule has 0 aromatic heterocycles. The topological polar surface area (TPSA) is 26.7 Å². The first kappa shape index (κ1) is 14.2. The molecule has 0 spiro atoms. The Balaban J connectivity index is 2.28. The number of likely N-dealkylation sites (N-methyl/N-ethyl adjacent to an activating group) is 1. The minimum atomic E-state index is -0.388. The third kappa shape index (κ3) is 5.82. The van der Waals surface area contributed by atoms with E-state index >= 15 is 0 Å². The van der Waals surface area contributed by atoms with Crippen molar-refractivity contribution in [2.45, 2.75) is 12.5 Å². The van der Waals surface area contributed by atoms with Crippen LogP contribution >= 0.6 is 0 Å². The number of aliphatic hydroxyl groups excluding tert-OH is 1. The summed E-state index contributed by atoms with van der Waals surface area (Å²) in [5.41, 5.74) is 0.993. The van der Waals surface area contributed by atoms with E-state index in [4.69, 9.17) is 0 Å². The van der Waals surface area contributed by atoms with E-state index in [1.165, 1.54) is 0 Å². The van der Waals surface area contributed by atoms with Crippen LogP contribution in [0.5, 0.6) is 0 Å². The number of hydrogen-bond donors (Lipinski definition) is 1. The Hall–Kier alpha value is -0.900. The first-order valence-electron chi connectivity index (χ1n) is 6.16. The monoisotopic (exact) mass is 236 g/mol. The van der Waals surface area contributed by atoms with E-state index < -0.39 is 0 Å². The second-order valence-electron chi connectivity index (χ2n) is 4.85. The van der Waals surface area contributed by atoms with Crippen molar-refractivity contribution in [1.29, 1.82) is 0 Å². The van der Waals surface area contributed by atoms with Crippen LogP contribution in [0.25, 0.3) is 0 Å². The number of nitrogens with zero attached hydrogens (tertiary/aromatic N) is 2. The molecule has 0 aliphatic heterocycles. The molecule has 1 unspecified atom stereocenters. The third-order valence-electron chi connectivity index (χ3n) is 2.81. The van der Waals surface area contributed by atoms with Gasteiger partial charge in [0.25, 0.3) is 0 Å². The van der Waals surface area contributed by atoms with Gasteiger partial charge in [-0.25, -0.2) is 0 Å². The maximum atomic E-state index is 10.0. The van der Waals surface area contributed by atoms with Crippen LogP contribution in [0.2, 0.25) is 0 Å². The van der Waals surface area contributed by atoms with Gasteiger partial charge in [0.1, 0.15) is 0 Å². The van der Waals surface area contributed by atoms with Crippen molar-refractivity contribution in [1.82, 2.24) is 9.80 Å². The predicted molar refractivity (Wildman–Crippen MR) is 72.1 cm³/mol. The zero-order chi connectivity index (χ0) is 12.7. The summed E-state index contributed by atoms with van der Waals surface area (Å²) in [6, 6.07) is 9.84. The van der Waals surface area contributed by atoms with Crippen molar-refractivity contribution in [3.63, 3.8) is 0 Å². The van der Waals surface area contributed by atoms with Crippen LogP contribution in [0.4, 0.5) is 0 Å². The third-order valence-corrected chi connectivity index (χ3v) is 2.81. The van der Waals surface area contributed by atoms with Crippen LogP contribution in [0.1, 0.15) is 18.1 Å². The first-order chi connectivity index (χ1) is 8.09. The van der Waals surface area contributed by atoms with Crippen LogP contribution in [0, 0.1) is 0 Å². The SMILES string of the molecule is CN(C)CCCN(C)CC(O)c1ccccc1. The van der Waals surface area contributed by atoms with Crippen LogP contribution in [0.15, 0.2) is 30.3 Å². The van der Waals surface area contributed by atoms with Crippen LogP contribution in [-0.4, -0.2) is 55.7 Å². The second kappa shape index (κ2) is 7.43. The molecule has 0 saturated heterocycles. The maximum Gasteiger partial charge on any atom is 0.0916 e. The average Bonchev–Trinajstić information content (AvgIpc) is 2.29. The Morgan fingerprint density at radius 2 is 1.71 bits per heavy atom. The van der Waals surface area contributed by atoms with Gasteiger partial charge in [0.15, 0.2) is 0 Å². The molecule has 0 fully saturated rings. The molecule has 0 heterocycles. The van der Waals surface area contributed by atoms with E-state index in [-0.39, 0.29) is 6.10 Å². The van der Waals surface area contributed by atoms with E-state index in [1.807, 2.05) is 30.3 Å². The lowest BCUT2D eigenvalue weighted by Crippen LogP contribution is -2.27. The molecule has 1 N–H and O–H groups in total. The number of aliphatic hydroxyl groups is 1. The van der Waals surface area contributed by atoms with Crippen molar-refractivity contribution >= 4 is 0 Å². The molecule has 1 atom stereocenters. The lowest BCUT2D eigenvalue weighted by Gasteiger charge is -2.21. The average molecular weight is 236 g/mol. The second-order valence-corrected chi connectivity index (χ2v) is 4.85. The highest BCUT2D eigenvalue weighted by Crippen LogP contribution is 2.12. The normalized spacial score (nSPS) is 13.3. The van der Waals surface area contributed by atoms with Gasteiger partial charge in [-0.2, -0.15) is 0 Å². The molecule has 1 aromatic rings. The minimum absolute atomic E-state index is 0.388. The first-order valence-corrected chi connectivity index (χ1v) is 6.16. The van der Waals surface area contributed by atoms with Gasteiger partial charge in [-0.05, 0) is 46.2 Å². The predicted octanol–water partition coefficient (Wildman–Crippen LogP) is 1.60. The van der Waals surface area contributed by atoms with Crippen LogP contribution < -0.4 is 0 Å². The molecule has 0 aliphatic carbocycles. The summed E-state index contributed by atoms with van der Waals surface area (Å²) < 4.78 is 0. The summed E-state index contributed by atoms with van der Waals surface area (Å²) in [5.74, 6) is 0. The molecular weight excluding hydrogens is 212 g/mol. The Morgan fingerprint density at radius 3 is 2.29 bits per heavy atom. The summed E-state index contributed by atoms with van der Waals surface area (Å²) >= 11 is 0. The number of hydrogen-bond acceptors (Lipinski definition) is 3. The van der Waals surface area contributed by atoms with Gasteiger partial charge in [0, 0.05) is 6.54 Å². The lowest BCUT2D eigenvalue weighted by molar-refractivity contribution is 0.125. The van der Waals surface area contributed by atoms with Crippen LogP contribution in [-0.2, 0) is 0 Å². The fourth-order valence-electron chi connectivity index (χ4n) is 1.82. The highest BCUT2D eigenvalue weighted by molar-refractivity contribution is 5.17. The standard InChI is InChI=1S/C14H24N2O/c1-15(2)10-7-11-16(3)12-14(17)13-8-5-4-6-9-13/h4-6,8-9,14,17H,7,10-12H2,1-3H3. The van der Waals surface area contributed by atoms with Gasteiger partial charge in [0.2, 0.25) is 0 Å². The molecule has 3 nitrogen and oxygen atoms in total. The van der Waals surface area contributed by atoms with Crippen molar-refractivity contribution in [3.8, 4) is 0 Å². The molecule has 0 radical (unpaired) electrons. The van der Waals surface area contributed by atoms with Crippen molar-refractivity contribution < 1.29 is 5.11 Å². The molecule has 0 saturated carbocycles. The number of benzene rings is 1. The summed E-state index contributed by atoms with van der Waals surface area (Å²) in [7, 11) is 6.22. The van der Waals surface area contributed by atoms with E-state index in [2.05, 4.69) is 30.9 Å². The van der Waals surface area contributed by atoms with E-state index in [9.17, 15) is 5.11 Å². The van der Waals surface area contributed by atoms with Gasteiger partial charge in [0.05, 0.1) is 6.10 Å². The molecule has 0 aliphatic rings. The Morgan fingerprint density at radius 1 is 1.06 bits per heavy atom. The molecule has 1 rings (SSSR count). The van der Waals surface area contributed by atoms with E-state index in [0.717, 1.165) is 25.1 Å². The number of rotatable bonds is 7. The highest BCUT2D eigenvalue weighted by Gasteiger charge is 2.09. The summed E-state index contributed by atoms with van der Waals surface area (Å²) in [4.78, 5) is 4.36. The molecule has 0 amide bonds. The summed E-state index contributed by atoms with van der Waals surface area (Å²) in [6.45, 7) is 2.80. The zero-order valence-corrected chi connectivity index (χ0v) is 11.1. The maximum absolute atomic E-state index is 10.0. The fourth-order valence-corrected chi connectivity index (χ4v) is 1.82. The summed E-state index contributed by atoms with van der Waals surface area (Å²) in [6.07, 6.45) is 0.742. The minimum Gasteiger partial charge on any atom is -0.387 e. The van der Waals surface area contributed by atoms with Gasteiger partial charge in [-0.3, -0.25) is 0 Å². The quantitative estimate of drug-likeness (QED) is 0.779. The van der Waals surface area contributed by atoms with Gasteiger partial charge >= 0.3 is 0 Å². The van der Waals surface area contributed by atoms with Crippen LogP contribution in [0.3, 0.4) is 0 Å². The molecule has 3 heteroatoms. The Bertz CT molecular complexity index is 300. The van der Waals surface area contributed by atoms with E-state index in [0.29, 0.717) is 6.54 Å². The molecule has 96 valence electrons. The fraction of sp³-hybridized carbons (Fsp3) is 0.571. The van der Waals surface area contributed by atoms with Crippen molar-refractivity contribution in [2.24, 2.45) is 0 Å². The molecular formula is C14H24N2O. The Kier molecular flexibility index (Phi) is 6.19. The van der Waals surface area contributed by atoms with Gasteiger partial charge in [-0.1, -0.05) is 30.3 Å².